The molecule has 0 fully saturated rings. The molecule has 0 heterocycles. The summed E-state index contributed by atoms with van der Waals surface area (Å²) in [5.74, 6) is 1.21. The van der Waals surface area contributed by atoms with Crippen LogP contribution in [0.25, 0.3) is 0 Å². The number of benzene rings is 1. The maximum absolute atomic E-state index is 3.32. The summed E-state index contributed by atoms with van der Waals surface area (Å²) in [6, 6.07) is 8.85. The van der Waals surface area contributed by atoms with Gasteiger partial charge in [0.05, 0.1) is 0 Å². The van der Waals surface area contributed by atoms with Crippen LogP contribution >= 0.6 is 11.8 Å². The molecule has 0 aromatic heterocycles. The Bertz CT molecular complexity index is 216. The van der Waals surface area contributed by atoms with Crippen molar-refractivity contribution in [1.82, 2.24) is 5.32 Å². The van der Waals surface area contributed by atoms with Crippen LogP contribution < -0.4 is 5.32 Å². The van der Waals surface area contributed by atoms with Crippen LogP contribution in [-0.4, -0.2) is 12.3 Å². The van der Waals surface area contributed by atoms with Crippen molar-refractivity contribution >= 4 is 11.8 Å². The zero-order valence-electron chi connectivity index (χ0n) is 9.05. The van der Waals surface area contributed by atoms with Crippen LogP contribution in [0.4, 0.5) is 0 Å². The molecule has 78 valence electrons. The van der Waals surface area contributed by atoms with Gasteiger partial charge in [-0.25, -0.2) is 0 Å². The lowest BCUT2D eigenvalue weighted by Crippen LogP contribution is -2.11. The molecule has 0 aliphatic carbocycles. The van der Waals surface area contributed by atoms with Crippen LogP contribution in [-0.2, 0) is 6.54 Å². The van der Waals surface area contributed by atoms with Crippen molar-refractivity contribution in [3.63, 3.8) is 0 Å². The van der Waals surface area contributed by atoms with Gasteiger partial charge in [-0.3, -0.25) is 0 Å². The van der Waals surface area contributed by atoms with Gasteiger partial charge in [-0.15, -0.1) is 11.8 Å². The van der Waals surface area contributed by atoms with E-state index in [-0.39, 0.29) is 0 Å². The van der Waals surface area contributed by atoms with E-state index in [1.54, 1.807) is 0 Å². The van der Waals surface area contributed by atoms with Crippen molar-refractivity contribution in [2.45, 2.75) is 31.7 Å². The Labute approximate surface area is 91.3 Å². The number of rotatable bonds is 6. The van der Waals surface area contributed by atoms with E-state index in [0.29, 0.717) is 0 Å². The van der Waals surface area contributed by atoms with E-state index in [1.165, 1.54) is 22.6 Å². The van der Waals surface area contributed by atoms with Crippen molar-refractivity contribution < 1.29 is 0 Å². The van der Waals surface area contributed by atoms with Crippen LogP contribution in [0.15, 0.2) is 29.2 Å². The summed E-state index contributed by atoms with van der Waals surface area (Å²) in [6.07, 6.45) is 1.24. The molecule has 1 N–H and O–H groups in total. The van der Waals surface area contributed by atoms with Crippen LogP contribution in [0.3, 0.4) is 0 Å². The topological polar surface area (TPSA) is 12.0 Å². The van der Waals surface area contributed by atoms with Crippen molar-refractivity contribution in [2.75, 3.05) is 12.3 Å². The molecule has 0 spiro atoms. The van der Waals surface area contributed by atoms with Gasteiger partial charge in [0.15, 0.2) is 0 Å². The van der Waals surface area contributed by atoms with Gasteiger partial charge < -0.3 is 5.32 Å². The Balaban J connectivity index is 2.42. The molecule has 0 bridgehead atoms. The van der Waals surface area contributed by atoms with E-state index in [1.807, 2.05) is 11.8 Å². The molecule has 0 amide bonds. The van der Waals surface area contributed by atoms with E-state index in [9.17, 15) is 0 Å². The van der Waals surface area contributed by atoms with Crippen LogP contribution in [0, 0.1) is 0 Å². The Kier molecular flexibility index (Phi) is 5.72. The number of hydrogen-bond donors (Lipinski definition) is 1. The SMILES string of the molecule is CCCSc1ccc(CNCC)cc1. The molecule has 0 aliphatic heterocycles. The summed E-state index contributed by atoms with van der Waals surface area (Å²) in [7, 11) is 0. The average molecular weight is 209 g/mol. The molecule has 0 unspecified atom stereocenters. The van der Waals surface area contributed by atoms with Gasteiger partial charge in [-0.05, 0) is 36.4 Å². The van der Waals surface area contributed by atoms with Gasteiger partial charge in [0, 0.05) is 11.4 Å². The van der Waals surface area contributed by atoms with Crippen LogP contribution in [0.5, 0.6) is 0 Å². The highest BCUT2D eigenvalue weighted by Crippen LogP contribution is 2.18. The largest absolute Gasteiger partial charge is 0.313 e. The monoisotopic (exact) mass is 209 g/mol. The second kappa shape index (κ2) is 6.91. The quantitative estimate of drug-likeness (QED) is 0.721. The Morgan fingerprint density at radius 2 is 1.86 bits per heavy atom. The van der Waals surface area contributed by atoms with Gasteiger partial charge in [0.25, 0.3) is 0 Å². The standard InChI is InChI=1S/C12H19NS/c1-3-9-14-12-7-5-11(6-8-12)10-13-4-2/h5-8,13H,3-4,9-10H2,1-2H3. The summed E-state index contributed by atoms with van der Waals surface area (Å²) in [6.45, 7) is 6.36. The first-order valence-corrected chi connectivity index (χ1v) is 6.27. The molecule has 1 rings (SSSR count). The maximum atomic E-state index is 3.32. The lowest BCUT2D eigenvalue weighted by atomic mass is 10.2. The summed E-state index contributed by atoms with van der Waals surface area (Å²) in [4.78, 5) is 1.38. The van der Waals surface area contributed by atoms with Crippen molar-refractivity contribution in [1.29, 1.82) is 0 Å². The van der Waals surface area contributed by atoms with Crippen molar-refractivity contribution in [3.05, 3.63) is 29.8 Å². The third-order valence-electron chi connectivity index (χ3n) is 1.98. The summed E-state index contributed by atoms with van der Waals surface area (Å²) >= 11 is 1.93. The minimum Gasteiger partial charge on any atom is -0.313 e. The molecule has 0 saturated carbocycles. The molecular formula is C12H19NS. The maximum Gasteiger partial charge on any atom is 0.0205 e. The van der Waals surface area contributed by atoms with E-state index >= 15 is 0 Å². The fourth-order valence-electron chi connectivity index (χ4n) is 1.19. The summed E-state index contributed by atoms with van der Waals surface area (Å²) in [5, 5.41) is 3.32. The first kappa shape index (κ1) is 11.6. The molecule has 14 heavy (non-hydrogen) atoms. The molecule has 1 aromatic rings. The Morgan fingerprint density at radius 1 is 1.14 bits per heavy atom. The highest BCUT2D eigenvalue weighted by Gasteiger charge is 1.94. The van der Waals surface area contributed by atoms with E-state index in [2.05, 4.69) is 43.4 Å². The second-order valence-corrected chi connectivity index (χ2v) is 4.44. The fourth-order valence-corrected chi connectivity index (χ4v) is 1.96. The van der Waals surface area contributed by atoms with Gasteiger partial charge in [-0.1, -0.05) is 26.0 Å². The first-order chi connectivity index (χ1) is 6.86. The predicted octanol–water partition coefficient (Wildman–Crippen LogP) is 3.30. The van der Waals surface area contributed by atoms with E-state index < -0.39 is 0 Å². The highest BCUT2D eigenvalue weighted by molar-refractivity contribution is 7.99. The minimum absolute atomic E-state index is 0.981. The van der Waals surface area contributed by atoms with Crippen LogP contribution in [0.2, 0.25) is 0 Å². The normalized spacial score (nSPS) is 10.4. The Morgan fingerprint density at radius 3 is 2.43 bits per heavy atom. The molecule has 0 aliphatic rings. The average Bonchev–Trinajstić information content (AvgIpc) is 2.25. The van der Waals surface area contributed by atoms with Gasteiger partial charge in [-0.2, -0.15) is 0 Å². The van der Waals surface area contributed by atoms with Gasteiger partial charge >= 0.3 is 0 Å². The molecule has 2 heteroatoms. The van der Waals surface area contributed by atoms with Gasteiger partial charge in [0.1, 0.15) is 0 Å². The fraction of sp³-hybridized carbons (Fsp3) is 0.500. The van der Waals surface area contributed by atoms with Crippen molar-refractivity contribution in [2.24, 2.45) is 0 Å². The second-order valence-electron chi connectivity index (χ2n) is 3.27. The predicted molar refractivity (Wildman–Crippen MR) is 64.8 cm³/mol. The number of hydrogen-bond acceptors (Lipinski definition) is 2. The third-order valence-corrected chi connectivity index (χ3v) is 3.19. The van der Waals surface area contributed by atoms with E-state index in [0.717, 1.165) is 13.1 Å². The molecule has 0 saturated heterocycles. The summed E-state index contributed by atoms with van der Waals surface area (Å²) in [5.41, 5.74) is 1.37. The molecule has 1 aromatic carbocycles. The molecule has 0 atom stereocenters. The van der Waals surface area contributed by atoms with Gasteiger partial charge in [0.2, 0.25) is 0 Å². The highest BCUT2D eigenvalue weighted by atomic mass is 32.2. The lowest BCUT2D eigenvalue weighted by molar-refractivity contribution is 0.726. The zero-order valence-corrected chi connectivity index (χ0v) is 9.86. The molecule has 1 nitrogen and oxygen atoms in total. The van der Waals surface area contributed by atoms with Crippen molar-refractivity contribution in [3.8, 4) is 0 Å². The third kappa shape index (κ3) is 4.16. The molecule has 0 radical (unpaired) electrons. The lowest BCUT2D eigenvalue weighted by Gasteiger charge is -2.03. The van der Waals surface area contributed by atoms with Crippen LogP contribution in [0.1, 0.15) is 25.8 Å². The first-order valence-electron chi connectivity index (χ1n) is 5.29. The molecular weight excluding hydrogens is 190 g/mol. The summed E-state index contributed by atoms with van der Waals surface area (Å²) < 4.78 is 0. The zero-order chi connectivity index (χ0) is 10.2. The smallest absolute Gasteiger partial charge is 0.0205 e. The number of nitrogens with one attached hydrogen (secondary N) is 1. The Hall–Kier alpha value is -0.470. The minimum atomic E-state index is 0.981. The van der Waals surface area contributed by atoms with E-state index in [4.69, 9.17) is 0 Å². The number of thioether (sulfide) groups is 1.